The molecule has 1 aliphatic rings. The smallest absolute Gasteiger partial charge is 0.127 e. The Hall–Kier alpha value is -0.930. The molecule has 3 unspecified atom stereocenters. The summed E-state index contributed by atoms with van der Waals surface area (Å²) in [6.07, 6.45) is 3.71. The van der Waals surface area contributed by atoms with Gasteiger partial charge in [-0.05, 0) is 44.8 Å². The maximum atomic E-state index is 13.8. The van der Waals surface area contributed by atoms with Crippen molar-refractivity contribution in [2.24, 2.45) is 5.92 Å². The van der Waals surface area contributed by atoms with E-state index >= 15 is 0 Å². The van der Waals surface area contributed by atoms with E-state index in [1.807, 2.05) is 12.1 Å². The molecule has 2 nitrogen and oxygen atoms in total. The van der Waals surface area contributed by atoms with Gasteiger partial charge in [-0.2, -0.15) is 0 Å². The summed E-state index contributed by atoms with van der Waals surface area (Å²) < 4.78 is 13.8. The van der Waals surface area contributed by atoms with Crippen molar-refractivity contribution in [2.75, 3.05) is 13.6 Å². The molecule has 1 saturated carbocycles. The van der Waals surface area contributed by atoms with E-state index in [0.29, 0.717) is 18.6 Å². The number of nitrogens with one attached hydrogen (secondary N) is 1. The molecule has 1 fully saturated rings. The van der Waals surface area contributed by atoms with Crippen molar-refractivity contribution < 1.29 is 4.39 Å². The normalized spacial score (nSPS) is 26.9. The van der Waals surface area contributed by atoms with E-state index in [1.54, 1.807) is 12.1 Å². The summed E-state index contributed by atoms with van der Waals surface area (Å²) in [4.78, 5) is 2.32. The van der Waals surface area contributed by atoms with Gasteiger partial charge in [-0.3, -0.25) is 4.90 Å². The highest BCUT2D eigenvalue weighted by molar-refractivity contribution is 5.17. The van der Waals surface area contributed by atoms with Gasteiger partial charge in [0.2, 0.25) is 0 Å². The maximum Gasteiger partial charge on any atom is 0.127 e. The Morgan fingerprint density at radius 2 is 2.05 bits per heavy atom. The Morgan fingerprint density at radius 3 is 2.75 bits per heavy atom. The van der Waals surface area contributed by atoms with Crippen molar-refractivity contribution >= 4 is 0 Å². The zero-order valence-corrected chi connectivity index (χ0v) is 12.9. The fourth-order valence-electron chi connectivity index (χ4n) is 3.35. The number of halogens is 1. The Balaban J connectivity index is 2.05. The highest BCUT2D eigenvalue weighted by Gasteiger charge is 2.30. The largest absolute Gasteiger partial charge is 0.313 e. The van der Waals surface area contributed by atoms with Gasteiger partial charge in [-0.25, -0.2) is 4.39 Å². The number of benzene rings is 1. The number of hydrogen-bond acceptors (Lipinski definition) is 2. The van der Waals surface area contributed by atoms with Gasteiger partial charge in [0.05, 0.1) is 0 Å². The fraction of sp³-hybridized carbons (Fsp3) is 0.647. The van der Waals surface area contributed by atoms with E-state index in [0.717, 1.165) is 18.0 Å². The Labute approximate surface area is 122 Å². The monoisotopic (exact) mass is 278 g/mol. The number of nitrogens with zero attached hydrogens (tertiary/aromatic N) is 1. The van der Waals surface area contributed by atoms with Crippen molar-refractivity contribution in [2.45, 2.75) is 51.7 Å². The number of likely N-dealkylation sites (N-methyl/N-ethyl adjacent to an activating group) is 2. The molecule has 1 aliphatic carbocycles. The lowest BCUT2D eigenvalue weighted by Gasteiger charge is -2.41. The molecule has 112 valence electrons. The van der Waals surface area contributed by atoms with Gasteiger partial charge < -0.3 is 5.32 Å². The van der Waals surface area contributed by atoms with Crippen LogP contribution in [0.3, 0.4) is 0 Å². The fourth-order valence-corrected chi connectivity index (χ4v) is 3.35. The summed E-state index contributed by atoms with van der Waals surface area (Å²) in [7, 11) is 2.12. The zero-order valence-electron chi connectivity index (χ0n) is 12.9. The Morgan fingerprint density at radius 1 is 1.30 bits per heavy atom. The van der Waals surface area contributed by atoms with Crippen molar-refractivity contribution in [3.05, 3.63) is 35.6 Å². The summed E-state index contributed by atoms with van der Waals surface area (Å²) in [5.74, 6) is 0.668. The van der Waals surface area contributed by atoms with Crippen molar-refractivity contribution in [1.82, 2.24) is 10.2 Å². The molecule has 1 aromatic carbocycles. The van der Waals surface area contributed by atoms with Gasteiger partial charge in [0.15, 0.2) is 0 Å². The van der Waals surface area contributed by atoms with Crippen LogP contribution < -0.4 is 5.32 Å². The van der Waals surface area contributed by atoms with E-state index in [2.05, 4.69) is 31.1 Å². The minimum Gasteiger partial charge on any atom is -0.313 e. The molecule has 20 heavy (non-hydrogen) atoms. The first-order valence-electron chi connectivity index (χ1n) is 7.78. The molecule has 0 amide bonds. The molecular formula is C17H27FN2. The third-order valence-corrected chi connectivity index (χ3v) is 4.49. The van der Waals surface area contributed by atoms with Crippen LogP contribution in [-0.2, 0) is 6.54 Å². The molecule has 0 radical (unpaired) electrons. The molecule has 0 spiro atoms. The van der Waals surface area contributed by atoms with Crippen molar-refractivity contribution in [3.8, 4) is 0 Å². The molecule has 3 atom stereocenters. The summed E-state index contributed by atoms with van der Waals surface area (Å²) >= 11 is 0. The second-order valence-corrected chi connectivity index (χ2v) is 6.16. The van der Waals surface area contributed by atoms with Crippen LogP contribution in [0.2, 0.25) is 0 Å². The second-order valence-electron chi connectivity index (χ2n) is 6.16. The average Bonchev–Trinajstić information content (AvgIpc) is 2.43. The van der Waals surface area contributed by atoms with Crippen LogP contribution in [0, 0.1) is 11.7 Å². The summed E-state index contributed by atoms with van der Waals surface area (Å²) in [5, 5.41) is 3.60. The average molecular weight is 278 g/mol. The molecular weight excluding hydrogens is 251 g/mol. The molecule has 1 aromatic rings. The van der Waals surface area contributed by atoms with E-state index < -0.39 is 0 Å². The quantitative estimate of drug-likeness (QED) is 0.888. The number of rotatable bonds is 5. The molecule has 1 N–H and O–H groups in total. The maximum absolute atomic E-state index is 13.8. The summed E-state index contributed by atoms with van der Waals surface area (Å²) in [5.41, 5.74) is 0.795. The lowest BCUT2D eigenvalue weighted by Crippen LogP contribution is -2.51. The predicted molar refractivity (Wildman–Crippen MR) is 82.1 cm³/mol. The van der Waals surface area contributed by atoms with Gasteiger partial charge in [0.25, 0.3) is 0 Å². The van der Waals surface area contributed by atoms with Gasteiger partial charge in [-0.15, -0.1) is 0 Å². The summed E-state index contributed by atoms with van der Waals surface area (Å²) in [6, 6.07) is 8.14. The van der Waals surface area contributed by atoms with E-state index in [1.165, 1.54) is 19.3 Å². The Kier molecular flexibility index (Phi) is 5.55. The van der Waals surface area contributed by atoms with Gasteiger partial charge in [0.1, 0.15) is 5.82 Å². The van der Waals surface area contributed by atoms with Crippen molar-refractivity contribution in [3.63, 3.8) is 0 Å². The summed E-state index contributed by atoms with van der Waals surface area (Å²) in [6.45, 7) is 6.17. The molecule has 0 saturated heterocycles. The molecule has 0 bridgehead atoms. The van der Waals surface area contributed by atoms with E-state index in [4.69, 9.17) is 0 Å². The van der Waals surface area contributed by atoms with Crippen LogP contribution >= 0.6 is 0 Å². The topological polar surface area (TPSA) is 15.3 Å². The Bertz CT molecular complexity index is 421. The lowest BCUT2D eigenvalue weighted by molar-refractivity contribution is 0.119. The predicted octanol–water partition coefficient (Wildman–Crippen LogP) is 3.42. The highest BCUT2D eigenvalue weighted by atomic mass is 19.1. The first-order chi connectivity index (χ1) is 9.61. The van der Waals surface area contributed by atoms with E-state index in [9.17, 15) is 4.39 Å². The molecule has 0 aliphatic heterocycles. The van der Waals surface area contributed by atoms with Crippen LogP contribution in [0.1, 0.15) is 38.7 Å². The SMILES string of the molecule is CCNC1CCC(C)CC1N(C)Cc1ccccc1F. The molecule has 0 aromatic heterocycles. The third-order valence-electron chi connectivity index (χ3n) is 4.49. The molecule has 2 rings (SSSR count). The number of hydrogen-bond donors (Lipinski definition) is 1. The lowest BCUT2D eigenvalue weighted by atomic mass is 9.82. The van der Waals surface area contributed by atoms with Gasteiger partial charge in [-0.1, -0.05) is 32.0 Å². The van der Waals surface area contributed by atoms with Crippen LogP contribution in [0.25, 0.3) is 0 Å². The minimum absolute atomic E-state index is 0.0943. The van der Waals surface area contributed by atoms with Crippen LogP contribution in [0.5, 0.6) is 0 Å². The minimum atomic E-state index is -0.0943. The first kappa shape index (κ1) is 15.5. The first-order valence-corrected chi connectivity index (χ1v) is 7.78. The molecule has 3 heteroatoms. The van der Waals surface area contributed by atoms with Gasteiger partial charge in [0, 0.05) is 24.2 Å². The van der Waals surface area contributed by atoms with Crippen LogP contribution in [0.4, 0.5) is 4.39 Å². The molecule has 0 heterocycles. The highest BCUT2D eigenvalue weighted by Crippen LogP contribution is 2.28. The standard InChI is InChI=1S/C17H27FN2/c1-4-19-16-10-9-13(2)11-17(16)20(3)12-14-7-5-6-8-15(14)18/h5-8,13,16-17,19H,4,9-12H2,1-3H3. The zero-order chi connectivity index (χ0) is 14.5. The third kappa shape index (κ3) is 3.80. The van der Waals surface area contributed by atoms with Crippen LogP contribution in [-0.4, -0.2) is 30.6 Å². The van der Waals surface area contributed by atoms with Gasteiger partial charge >= 0.3 is 0 Å². The van der Waals surface area contributed by atoms with E-state index in [-0.39, 0.29) is 5.82 Å². The second kappa shape index (κ2) is 7.19. The van der Waals surface area contributed by atoms with Crippen LogP contribution in [0.15, 0.2) is 24.3 Å². The van der Waals surface area contributed by atoms with Crippen molar-refractivity contribution in [1.29, 1.82) is 0 Å².